The first-order valence-corrected chi connectivity index (χ1v) is 9.88. The SMILES string of the molecule is CNCc1scc(C)c1S(=O)(=O)NC(C)CCCC(C)C. The van der Waals surface area contributed by atoms with E-state index < -0.39 is 10.0 Å². The Balaban J connectivity index is 2.75. The van der Waals surface area contributed by atoms with Gasteiger partial charge in [-0.15, -0.1) is 11.3 Å². The summed E-state index contributed by atoms with van der Waals surface area (Å²) in [6.45, 7) is 8.75. The zero-order valence-corrected chi connectivity index (χ0v) is 15.3. The Morgan fingerprint density at radius 1 is 1.24 bits per heavy atom. The van der Waals surface area contributed by atoms with Gasteiger partial charge in [0, 0.05) is 17.5 Å². The van der Waals surface area contributed by atoms with Crippen molar-refractivity contribution in [1.29, 1.82) is 0 Å². The Morgan fingerprint density at radius 2 is 1.90 bits per heavy atom. The van der Waals surface area contributed by atoms with E-state index in [1.807, 2.05) is 26.3 Å². The molecule has 1 atom stereocenters. The van der Waals surface area contributed by atoms with Gasteiger partial charge in [0.15, 0.2) is 0 Å². The molecule has 0 bridgehead atoms. The van der Waals surface area contributed by atoms with Gasteiger partial charge in [0.2, 0.25) is 10.0 Å². The van der Waals surface area contributed by atoms with Crippen molar-refractivity contribution < 1.29 is 8.42 Å². The van der Waals surface area contributed by atoms with Gasteiger partial charge in [0.05, 0.1) is 0 Å². The summed E-state index contributed by atoms with van der Waals surface area (Å²) in [6.07, 6.45) is 3.06. The number of hydrogen-bond acceptors (Lipinski definition) is 4. The first-order valence-electron chi connectivity index (χ1n) is 7.51. The Morgan fingerprint density at radius 3 is 2.48 bits per heavy atom. The van der Waals surface area contributed by atoms with E-state index in [0.717, 1.165) is 29.7 Å². The molecule has 0 spiro atoms. The third-order valence-electron chi connectivity index (χ3n) is 3.37. The van der Waals surface area contributed by atoms with Crippen LogP contribution in [-0.2, 0) is 16.6 Å². The summed E-state index contributed by atoms with van der Waals surface area (Å²) in [5.74, 6) is 0.662. The highest BCUT2D eigenvalue weighted by Gasteiger charge is 2.24. The number of aryl methyl sites for hydroxylation is 1. The van der Waals surface area contributed by atoms with Crippen molar-refractivity contribution in [1.82, 2.24) is 10.0 Å². The minimum absolute atomic E-state index is 0.0320. The molecule has 1 rings (SSSR count). The normalized spacial score (nSPS) is 13.8. The van der Waals surface area contributed by atoms with Crippen molar-refractivity contribution in [3.05, 3.63) is 15.8 Å². The van der Waals surface area contributed by atoms with Crippen LogP contribution in [0.15, 0.2) is 10.3 Å². The lowest BCUT2D eigenvalue weighted by Gasteiger charge is -2.16. The average molecular weight is 333 g/mol. The first-order chi connectivity index (χ1) is 9.77. The van der Waals surface area contributed by atoms with Crippen molar-refractivity contribution in [2.75, 3.05) is 7.05 Å². The molecule has 2 N–H and O–H groups in total. The van der Waals surface area contributed by atoms with Crippen LogP contribution in [0.5, 0.6) is 0 Å². The van der Waals surface area contributed by atoms with Crippen molar-refractivity contribution in [2.24, 2.45) is 5.92 Å². The highest BCUT2D eigenvalue weighted by molar-refractivity contribution is 7.89. The maximum absolute atomic E-state index is 12.6. The molecule has 0 saturated carbocycles. The van der Waals surface area contributed by atoms with Crippen LogP contribution in [0.1, 0.15) is 50.5 Å². The van der Waals surface area contributed by atoms with Crippen molar-refractivity contribution in [3.8, 4) is 0 Å². The molecule has 0 aromatic carbocycles. The van der Waals surface area contributed by atoms with E-state index in [-0.39, 0.29) is 6.04 Å². The molecule has 0 amide bonds. The number of sulfonamides is 1. The zero-order chi connectivity index (χ0) is 16.0. The summed E-state index contributed by atoms with van der Waals surface area (Å²) in [6, 6.07) is -0.0320. The highest BCUT2D eigenvalue weighted by Crippen LogP contribution is 2.27. The molecule has 0 saturated heterocycles. The van der Waals surface area contributed by atoms with E-state index in [2.05, 4.69) is 23.9 Å². The van der Waals surface area contributed by atoms with Crippen LogP contribution in [0.4, 0.5) is 0 Å². The molecular weight excluding hydrogens is 304 g/mol. The Kier molecular flexibility index (Phi) is 7.33. The Labute approximate surface area is 133 Å². The molecule has 6 heteroatoms. The van der Waals surface area contributed by atoms with E-state index >= 15 is 0 Å². The molecule has 0 aliphatic heterocycles. The highest BCUT2D eigenvalue weighted by atomic mass is 32.2. The van der Waals surface area contributed by atoms with Gasteiger partial charge >= 0.3 is 0 Å². The van der Waals surface area contributed by atoms with Crippen LogP contribution >= 0.6 is 11.3 Å². The number of nitrogens with one attached hydrogen (secondary N) is 2. The van der Waals surface area contributed by atoms with Gasteiger partial charge in [0.25, 0.3) is 0 Å². The van der Waals surface area contributed by atoms with Crippen LogP contribution in [0.2, 0.25) is 0 Å². The summed E-state index contributed by atoms with van der Waals surface area (Å²) >= 11 is 1.49. The fourth-order valence-corrected chi connectivity index (χ4v) is 5.45. The smallest absolute Gasteiger partial charge is 0.242 e. The Bertz CT molecular complexity index is 536. The molecule has 1 heterocycles. The first kappa shape index (κ1) is 18.6. The summed E-state index contributed by atoms with van der Waals surface area (Å²) < 4.78 is 28.0. The lowest BCUT2D eigenvalue weighted by Crippen LogP contribution is -2.33. The van der Waals surface area contributed by atoms with Gasteiger partial charge in [0.1, 0.15) is 4.90 Å². The summed E-state index contributed by atoms with van der Waals surface area (Å²) in [5, 5.41) is 4.94. The van der Waals surface area contributed by atoms with Crippen LogP contribution < -0.4 is 10.0 Å². The maximum atomic E-state index is 12.6. The quantitative estimate of drug-likeness (QED) is 0.730. The second-order valence-corrected chi connectivity index (χ2v) is 8.66. The third kappa shape index (κ3) is 5.70. The predicted molar refractivity (Wildman–Crippen MR) is 90.3 cm³/mol. The largest absolute Gasteiger partial charge is 0.315 e. The van der Waals surface area contributed by atoms with Crippen molar-refractivity contribution >= 4 is 21.4 Å². The lowest BCUT2D eigenvalue weighted by molar-refractivity contribution is 0.488. The van der Waals surface area contributed by atoms with Crippen molar-refractivity contribution in [3.63, 3.8) is 0 Å². The van der Waals surface area contributed by atoms with Crippen LogP contribution in [0.3, 0.4) is 0 Å². The van der Waals surface area contributed by atoms with Gasteiger partial charge in [-0.1, -0.05) is 26.7 Å². The molecule has 0 radical (unpaired) electrons. The third-order valence-corrected chi connectivity index (χ3v) is 6.42. The molecule has 0 aliphatic rings. The summed E-state index contributed by atoms with van der Waals surface area (Å²) in [5.41, 5.74) is 0.826. The molecule has 122 valence electrons. The van der Waals surface area contributed by atoms with Gasteiger partial charge in [-0.3, -0.25) is 0 Å². The van der Waals surface area contributed by atoms with Gasteiger partial charge in [-0.2, -0.15) is 0 Å². The van der Waals surface area contributed by atoms with E-state index in [1.54, 1.807) is 0 Å². The zero-order valence-electron chi connectivity index (χ0n) is 13.7. The summed E-state index contributed by atoms with van der Waals surface area (Å²) in [7, 11) is -1.60. The lowest BCUT2D eigenvalue weighted by atomic mass is 10.0. The van der Waals surface area contributed by atoms with Gasteiger partial charge in [-0.25, -0.2) is 13.1 Å². The van der Waals surface area contributed by atoms with E-state index in [9.17, 15) is 8.42 Å². The average Bonchev–Trinajstić information content (AvgIpc) is 2.70. The van der Waals surface area contributed by atoms with Crippen LogP contribution in [0.25, 0.3) is 0 Å². The Hall–Kier alpha value is -0.430. The molecular formula is C15H28N2O2S2. The van der Waals surface area contributed by atoms with Crippen LogP contribution in [0, 0.1) is 12.8 Å². The van der Waals surface area contributed by atoms with E-state index in [4.69, 9.17) is 0 Å². The molecule has 4 nitrogen and oxygen atoms in total. The predicted octanol–water partition coefficient (Wildman–Crippen LogP) is 3.27. The van der Waals surface area contributed by atoms with E-state index in [0.29, 0.717) is 17.4 Å². The monoisotopic (exact) mass is 332 g/mol. The summed E-state index contributed by atoms with van der Waals surface area (Å²) in [4.78, 5) is 1.33. The molecule has 0 fully saturated rings. The maximum Gasteiger partial charge on any atom is 0.242 e. The van der Waals surface area contributed by atoms with Crippen LogP contribution in [-0.4, -0.2) is 21.5 Å². The molecule has 1 unspecified atom stereocenters. The fourth-order valence-electron chi connectivity index (χ4n) is 2.35. The molecule has 1 aromatic rings. The number of rotatable bonds is 9. The van der Waals surface area contributed by atoms with Gasteiger partial charge < -0.3 is 5.32 Å². The molecule has 21 heavy (non-hydrogen) atoms. The van der Waals surface area contributed by atoms with Crippen molar-refractivity contribution in [2.45, 2.75) is 64.4 Å². The van der Waals surface area contributed by atoms with E-state index in [1.165, 1.54) is 11.3 Å². The minimum Gasteiger partial charge on any atom is -0.315 e. The second kappa shape index (κ2) is 8.27. The number of thiophene rings is 1. The fraction of sp³-hybridized carbons (Fsp3) is 0.733. The second-order valence-electron chi connectivity index (χ2n) is 6.05. The van der Waals surface area contributed by atoms with Gasteiger partial charge in [-0.05, 0) is 44.2 Å². The molecule has 1 aromatic heterocycles. The standard InChI is InChI=1S/C15H28N2O2S2/c1-11(2)7-6-8-13(4)17-21(18,19)15-12(3)10-20-14(15)9-16-5/h10-11,13,16-17H,6-9H2,1-5H3. The minimum atomic E-state index is -3.43. The topological polar surface area (TPSA) is 58.2 Å². The number of hydrogen-bond donors (Lipinski definition) is 2. The molecule has 0 aliphatic carbocycles.